The van der Waals surface area contributed by atoms with Crippen LogP contribution < -0.4 is 4.72 Å². The van der Waals surface area contributed by atoms with Gasteiger partial charge in [-0.15, -0.1) is 0 Å². The van der Waals surface area contributed by atoms with Gasteiger partial charge in [0.05, 0.1) is 10.8 Å². The topological polar surface area (TPSA) is 104 Å². The summed E-state index contributed by atoms with van der Waals surface area (Å²) in [4.78, 5) is 25.2. The number of carbonyl (C=O) groups is 2. The number of carboxylic acids is 1. The molecule has 1 aromatic carbocycles. The van der Waals surface area contributed by atoms with Crippen molar-refractivity contribution in [1.82, 2.24) is 9.62 Å². The highest BCUT2D eigenvalue weighted by molar-refractivity contribution is 7.89. The van der Waals surface area contributed by atoms with Gasteiger partial charge in [0.15, 0.2) is 0 Å². The molecule has 8 heteroatoms. The molecule has 1 saturated carbocycles. The van der Waals surface area contributed by atoms with Crippen molar-refractivity contribution in [1.29, 1.82) is 0 Å². The molecule has 2 rings (SSSR count). The number of carbonyl (C=O) groups excluding carboxylic acids is 1. The lowest BCUT2D eigenvalue weighted by atomic mass is 10.1. The van der Waals surface area contributed by atoms with Crippen LogP contribution in [-0.4, -0.2) is 49.9 Å². The van der Waals surface area contributed by atoms with E-state index in [2.05, 4.69) is 4.72 Å². The molecule has 0 bridgehead atoms. The molecule has 1 aliphatic rings. The van der Waals surface area contributed by atoms with E-state index in [4.69, 9.17) is 5.11 Å². The third kappa shape index (κ3) is 4.08. The van der Waals surface area contributed by atoms with Gasteiger partial charge in [-0.1, -0.05) is 6.92 Å². The molecule has 23 heavy (non-hydrogen) atoms. The Morgan fingerprint density at radius 3 is 2.30 bits per heavy atom. The summed E-state index contributed by atoms with van der Waals surface area (Å²) in [5, 5.41) is 9.03. The number of hydrogen-bond acceptors (Lipinski definition) is 4. The van der Waals surface area contributed by atoms with Gasteiger partial charge in [-0.25, -0.2) is 13.1 Å². The minimum absolute atomic E-state index is 0.0741. The Labute approximate surface area is 135 Å². The molecule has 1 aliphatic carbocycles. The lowest BCUT2D eigenvalue weighted by molar-refractivity contribution is -0.141. The maximum Gasteiger partial charge on any atom is 0.308 e. The predicted molar refractivity (Wildman–Crippen MR) is 83.5 cm³/mol. The van der Waals surface area contributed by atoms with E-state index in [-0.39, 0.29) is 23.4 Å². The molecule has 0 radical (unpaired) electrons. The Kier molecular flexibility index (Phi) is 5.06. The van der Waals surface area contributed by atoms with E-state index in [0.717, 1.165) is 12.8 Å². The third-order valence-corrected chi connectivity index (χ3v) is 5.25. The highest BCUT2D eigenvalue weighted by Crippen LogP contribution is 2.29. The lowest BCUT2D eigenvalue weighted by Crippen LogP contribution is -2.38. The fraction of sp³-hybridized carbons (Fsp3) is 0.467. The van der Waals surface area contributed by atoms with E-state index in [1.54, 1.807) is 11.8 Å². The summed E-state index contributed by atoms with van der Waals surface area (Å²) in [6.07, 6.45) is 1.73. The molecule has 1 aromatic rings. The fourth-order valence-electron chi connectivity index (χ4n) is 2.22. The van der Waals surface area contributed by atoms with E-state index in [9.17, 15) is 18.0 Å². The van der Waals surface area contributed by atoms with Gasteiger partial charge in [0.1, 0.15) is 0 Å². The first kappa shape index (κ1) is 17.4. The first-order chi connectivity index (χ1) is 10.8. The number of nitrogens with zero attached hydrogens (tertiary/aromatic N) is 1. The summed E-state index contributed by atoms with van der Waals surface area (Å²) in [5.74, 6) is -1.86. The summed E-state index contributed by atoms with van der Waals surface area (Å²) >= 11 is 0. The Hall–Kier alpha value is -1.93. The van der Waals surface area contributed by atoms with Crippen LogP contribution in [0.25, 0.3) is 0 Å². The molecule has 2 N–H and O–H groups in total. The monoisotopic (exact) mass is 340 g/mol. The van der Waals surface area contributed by atoms with Gasteiger partial charge in [-0.3, -0.25) is 9.59 Å². The number of amides is 1. The number of benzene rings is 1. The first-order valence-electron chi connectivity index (χ1n) is 7.33. The van der Waals surface area contributed by atoms with Crippen LogP contribution in [0.1, 0.15) is 30.1 Å². The van der Waals surface area contributed by atoms with Gasteiger partial charge >= 0.3 is 5.97 Å². The average Bonchev–Trinajstić information content (AvgIpc) is 3.36. The highest BCUT2D eigenvalue weighted by Gasteiger charge is 2.35. The van der Waals surface area contributed by atoms with Crippen LogP contribution in [0.2, 0.25) is 0 Å². The number of carboxylic acid groups (broad SMARTS) is 1. The van der Waals surface area contributed by atoms with Crippen molar-refractivity contribution in [2.45, 2.75) is 30.7 Å². The average molecular weight is 340 g/mol. The zero-order chi connectivity index (χ0) is 17.2. The Morgan fingerprint density at radius 2 is 1.87 bits per heavy atom. The SMILES string of the molecule is CNS(=O)(=O)c1ccc(C(=O)N(CC(C)C(=O)O)C2CC2)cc1. The van der Waals surface area contributed by atoms with Crippen LogP contribution in [0, 0.1) is 5.92 Å². The first-order valence-corrected chi connectivity index (χ1v) is 8.82. The standard InChI is InChI=1S/C15H20N2O5S/c1-10(15(19)20)9-17(12-5-6-12)14(18)11-3-7-13(8-4-11)23(21,22)16-2/h3-4,7-8,10,12,16H,5-6,9H2,1-2H3,(H,19,20). The second-order valence-corrected chi connectivity index (χ2v) is 7.55. The molecule has 1 unspecified atom stereocenters. The summed E-state index contributed by atoms with van der Waals surface area (Å²) in [6.45, 7) is 1.71. The van der Waals surface area contributed by atoms with Gasteiger partial charge in [-0.05, 0) is 44.2 Å². The predicted octanol–water partition coefficient (Wildman–Crippen LogP) is 0.920. The molecule has 7 nitrogen and oxygen atoms in total. The minimum Gasteiger partial charge on any atom is -0.481 e. The van der Waals surface area contributed by atoms with Crippen LogP contribution >= 0.6 is 0 Å². The van der Waals surface area contributed by atoms with Gasteiger partial charge in [0.25, 0.3) is 5.91 Å². The number of rotatable bonds is 7. The van der Waals surface area contributed by atoms with Crippen molar-refractivity contribution in [2.75, 3.05) is 13.6 Å². The lowest BCUT2D eigenvalue weighted by Gasteiger charge is -2.24. The minimum atomic E-state index is -3.55. The largest absolute Gasteiger partial charge is 0.481 e. The van der Waals surface area contributed by atoms with Gasteiger partial charge in [0.2, 0.25) is 10.0 Å². The van der Waals surface area contributed by atoms with Crippen molar-refractivity contribution < 1.29 is 23.1 Å². The van der Waals surface area contributed by atoms with Crippen LogP contribution in [-0.2, 0) is 14.8 Å². The molecule has 0 heterocycles. The summed E-state index contributed by atoms with van der Waals surface area (Å²) in [6, 6.07) is 5.71. The maximum absolute atomic E-state index is 12.6. The summed E-state index contributed by atoms with van der Waals surface area (Å²) in [5.41, 5.74) is 0.351. The molecule has 1 fully saturated rings. The van der Waals surface area contributed by atoms with Crippen molar-refractivity contribution in [2.24, 2.45) is 5.92 Å². The van der Waals surface area contributed by atoms with Crippen LogP contribution in [0.5, 0.6) is 0 Å². The van der Waals surface area contributed by atoms with E-state index in [1.807, 2.05) is 0 Å². The van der Waals surface area contributed by atoms with Gasteiger partial charge in [0, 0.05) is 18.2 Å². The van der Waals surface area contributed by atoms with Crippen LogP contribution in [0.4, 0.5) is 0 Å². The number of sulfonamides is 1. The molecule has 126 valence electrons. The zero-order valence-corrected chi connectivity index (χ0v) is 13.8. The Balaban J connectivity index is 2.19. The molecule has 0 aromatic heterocycles. The summed E-state index contributed by atoms with van der Waals surface area (Å²) < 4.78 is 25.6. The zero-order valence-electron chi connectivity index (χ0n) is 13.0. The number of aliphatic carboxylic acids is 1. The second kappa shape index (κ2) is 6.67. The quantitative estimate of drug-likeness (QED) is 0.768. The van der Waals surface area contributed by atoms with Gasteiger partial charge < -0.3 is 10.0 Å². The second-order valence-electron chi connectivity index (χ2n) is 5.66. The molecular formula is C15H20N2O5S. The summed E-state index contributed by atoms with van der Waals surface area (Å²) in [7, 11) is -2.23. The molecule has 0 spiro atoms. The van der Waals surface area contributed by atoms with Crippen LogP contribution in [0.15, 0.2) is 29.2 Å². The Bertz CT molecular complexity index is 695. The van der Waals surface area contributed by atoms with Crippen molar-refractivity contribution in [3.63, 3.8) is 0 Å². The normalized spacial score (nSPS) is 15.9. The molecule has 1 atom stereocenters. The third-order valence-electron chi connectivity index (χ3n) is 3.82. The molecule has 0 saturated heterocycles. The fourth-order valence-corrected chi connectivity index (χ4v) is 2.95. The van der Waals surface area contributed by atoms with E-state index >= 15 is 0 Å². The van der Waals surface area contributed by atoms with E-state index in [0.29, 0.717) is 5.56 Å². The number of hydrogen-bond donors (Lipinski definition) is 2. The Morgan fingerprint density at radius 1 is 1.30 bits per heavy atom. The maximum atomic E-state index is 12.6. The molecule has 0 aliphatic heterocycles. The van der Waals surface area contributed by atoms with Crippen molar-refractivity contribution >= 4 is 21.9 Å². The van der Waals surface area contributed by atoms with Crippen molar-refractivity contribution in [3.05, 3.63) is 29.8 Å². The van der Waals surface area contributed by atoms with Gasteiger partial charge in [-0.2, -0.15) is 0 Å². The molecule has 1 amide bonds. The van der Waals surface area contributed by atoms with Crippen molar-refractivity contribution in [3.8, 4) is 0 Å². The van der Waals surface area contributed by atoms with Crippen LogP contribution in [0.3, 0.4) is 0 Å². The highest BCUT2D eigenvalue weighted by atomic mass is 32.2. The van der Waals surface area contributed by atoms with E-state index < -0.39 is 21.9 Å². The number of nitrogens with one attached hydrogen (secondary N) is 1. The molecular weight excluding hydrogens is 320 g/mol. The van der Waals surface area contributed by atoms with E-state index in [1.165, 1.54) is 31.3 Å². The smallest absolute Gasteiger partial charge is 0.308 e.